The van der Waals surface area contributed by atoms with Crippen LogP contribution >= 0.6 is 35.0 Å². The molecule has 0 spiro atoms. The third-order valence-corrected chi connectivity index (χ3v) is 7.20. The van der Waals surface area contributed by atoms with E-state index in [1.54, 1.807) is 13.8 Å². The molecule has 1 aromatic carbocycles. The molecule has 10 heteroatoms. The van der Waals surface area contributed by atoms with Gasteiger partial charge in [-0.3, -0.25) is 14.4 Å². The number of aliphatic carboxylic acids is 1. The zero-order valence-corrected chi connectivity index (χ0v) is 16.9. The molecule has 2 fully saturated rings. The van der Waals surface area contributed by atoms with Crippen molar-refractivity contribution in [2.45, 2.75) is 42.5 Å². The number of fused-ring (bicyclic) bond motifs is 1. The monoisotopic (exact) mass is 430 g/mol. The van der Waals surface area contributed by atoms with E-state index in [1.807, 2.05) is 0 Å². The van der Waals surface area contributed by atoms with Crippen molar-refractivity contribution in [1.29, 1.82) is 0 Å². The Balaban J connectivity index is 1.96. The Hall–Kier alpha value is -1.77. The minimum Gasteiger partial charge on any atom is -0.480 e. The van der Waals surface area contributed by atoms with Crippen LogP contribution in [0.4, 0.5) is 0 Å². The Bertz CT molecular complexity index is 890. The topological polar surface area (TPSA) is 104 Å². The molecular formula is C17H16Cl2N2O5S. The molecule has 2 N–H and O–H groups in total. The molecular weight excluding hydrogens is 415 g/mol. The maximum absolute atomic E-state index is 12.9. The Labute approximate surface area is 169 Å². The van der Waals surface area contributed by atoms with Gasteiger partial charge in [-0.2, -0.15) is 0 Å². The molecule has 0 aromatic heterocycles. The average molecular weight is 431 g/mol. The zero-order valence-electron chi connectivity index (χ0n) is 14.6. The summed E-state index contributed by atoms with van der Waals surface area (Å²) in [5.74, 6) is -3.11. The first-order chi connectivity index (χ1) is 12.4. The van der Waals surface area contributed by atoms with Crippen molar-refractivity contribution in [3.63, 3.8) is 0 Å². The van der Waals surface area contributed by atoms with Gasteiger partial charge in [0.15, 0.2) is 5.78 Å². The fraction of sp³-hybridized carbons (Fsp3) is 0.412. The van der Waals surface area contributed by atoms with Crippen LogP contribution in [0.1, 0.15) is 31.1 Å². The highest BCUT2D eigenvalue weighted by Gasteiger charge is 2.74. The fourth-order valence-corrected chi connectivity index (χ4v) is 5.53. The lowest BCUT2D eigenvalue weighted by molar-refractivity contribution is -0.170. The van der Waals surface area contributed by atoms with Gasteiger partial charge in [0.2, 0.25) is 5.54 Å². The summed E-state index contributed by atoms with van der Waals surface area (Å²) in [6.45, 7) is 4.58. The maximum Gasteiger partial charge on any atom is 0.327 e. The van der Waals surface area contributed by atoms with E-state index in [0.29, 0.717) is 0 Å². The summed E-state index contributed by atoms with van der Waals surface area (Å²) in [7, 11) is 0. The number of nitrogens with zero attached hydrogens (tertiary/aromatic N) is 1. The quantitative estimate of drug-likeness (QED) is 0.560. The molecule has 0 saturated carbocycles. The number of halogens is 2. The molecule has 3 rings (SSSR count). The Morgan fingerprint density at radius 1 is 1.22 bits per heavy atom. The van der Waals surface area contributed by atoms with Crippen molar-refractivity contribution in [3.8, 4) is 0 Å². The van der Waals surface area contributed by atoms with Crippen molar-refractivity contribution >= 4 is 58.5 Å². The molecule has 7 nitrogen and oxygen atoms in total. The average Bonchev–Trinajstić information content (AvgIpc) is 2.83. The van der Waals surface area contributed by atoms with Crippen molar-refractivity contribution in [1.82, 2.24) is 10.2 Å². The predicted molar refractivity (Wildman–Crippen MR) is 101 cm³/mol. The largest absolute Gasteiger partial charge is 0.480 e. The van der Waals surface area contributed by atoms with E-state index >= 15 is 0 Å². The van der Waals surface area contributed by atoms with Crippen LogP contribution in [0.5, 0.6) is 0 Å². The van der Waals surface area contributed by atoms with Crippen LogP contribution in [0.3, 0.4) is 0 Å². The molecule has 0 radical (unpaired) electrons. The van der Waals surface area contributed by atoms with E-state index in [2.05, 4.69) is 5.32 Å². The Morgan fingerprint density at radius 3 is 2.37 bits per heavy atom. The van der Waals surface area contributed by atoms with Gasteiger partial charge in [0.05, 0.1) is 10.0 Å². The van der Waals surface area contributed by atoms with Gasteiger partial charge in [-0.1, -0.05) is 23.2 Å². The maximum atomic E-state index is 12.9. The van der Waals surface area contributed by atoms with Crippen LogP contribution in [0.15, 0.2) is 18.2 Å². The normalized spacial score (nSPS) is 28.3. The summed E-state index contributed by atoms with van der Waals surface area (Å²) in [5, 5.41) is 11.6. The smallest absolute Gasteiger partial charge is 0.327 e. The number of amides is 2. The fourth-order valence-electron chi connectivity index (χ4n) is 3.48. The van der Waals surface area contributed by atoms with Crippen LogP contribution < -0.4 is 5.32 Å². The predicted octanol–water partition coefficient (Wildman–Crippen LogP) is 2.20. The van der Waals surface area contributed by atoms with Crippen LogP contribution in [-0.4, -0.2) is 55.3 Å². The van der Waals surface area contributed by atoms with Gasteiger partial charge in [0.1, 0.15) is 11.4 Å². The molecule has 1 aromatic rings. The van der Waals surface area contributed by atoms with Crippen LogP contribution in [-0.2, 0) is 14.4 Å². The van der Waals surface area contributed by atoms with Crippen molar-refractivity contribution in [2.24, 2.45) is 0 Å². The number of nitrogens with one attached hydrogen (secondary N) is 1. The molecule has 2 amide bonds. The highest BCUT2D eigenvalue weighted by molar-refractivity contribution is 8.01. The summed E-state index contributed by atoms with van der Waals surface area (Å²) in [6, 6.07) is 3.10. The molecule has 3 atom stereocenters. The number of carbonyl (C=O) groups excluding carboxylic acids is 3. The van der Waals surface area contributed by atoms with E-state index in [4.69, 9.17) is 23.2 Å². The zero-order chi connectivity index (χ0) is 20.3. The molecule has 0 unspecified atom stereocenters. The summed E-state index contributed by atoms with van der Waals surface area (Å²) in [5.41, 5.74) is -1.68. The van der Waals surface area contributed by atoms with Gasteiger partial charge in [-0.15, -0.1) is 11.8 Å². The summed E-state index contributed by atoms with van der Waals surface area (Å²) in [6.07, 6.45) is 0. The number of hydrogen-bond donors (Lipinski definition) is 2. The number of carbonyl (C=O) groups is 4. The third kappa shape index (κ3) is 2.81. The molecule has 144 valence electrons. The summed E-state index contributed by atoms with van der Waals surface area (Å²) in [4.78, 5) is 50.7. The minimum absolute atomic E-state index is 0.133. The summed E-state index contributed by atoms with van der Waals surface area (Å²) >= 11 is 12.9. The van der Waals surface area contributed by atoms with Gasteiger partial charge in [-0.05, 0) is 39.0 Å². The number of thioether (sulfide) groups is 1. The van der Waals surface area contributed by atoms with E-state index in [-0.39, 0.29) is 15.6 Å². The van der Waals surface area contributed by atoms with Gasteiger partial charge in [0, 0.05) is 10.3 Å². The highest BCUT2D eigenvalue weighted by atomic mass is 35.5. The molecule has 0 bridgehead atoms. The second-order valence-corrected chi connectivity index (χ2v) is 9.52. The standard InChI is InChI=1S/C17H16Cl2N2O5S/c1-7(22)17(20-12(23)8-4-5-9(18)10(19)6-8)14(26)21-11(13(24)25)16(2,3)27-15(17)21/h4-6,11,15H,1-3H3,(H,20,23)(H,24,25)/t11-,15+,17-/m0/s1. The van der Waals surface area contributed by atoms with Gasteiger partial charge in [0.25, 0.3) is 11.8 Å². The lowest BCUT2D eigenvalue weighted by Crippen LogP contribution is -2.82. The SMILES string of the molecule is CC(=O)[C@]1(NC(=O)c2ccc(Cl)c(Cl)c2)C(=O)N2[C@@H](C(=O)O)C(C)(C)S[C@@H]21. The van der Waals surface area contributed by atoms with Crippen molar-refractivity contribution in [2.75, 3.05) is 0 Å². The van der Waals surface area contributed by atoms with Crippen LogP contribution in [0, 0.1) is 0 Å². The molecule has 2 saturated heterocycles. The number of rotatable bonds is 4. The first-order valence-electron chi connectivity index (χ1n) is 7.95. The number of ketones is 1. The van der Waals surface area contributed by atoms with Crippen molar-refractivity contribution in [3.05, 3.63) is 33.8 Å². The number of benzene rings is 1. The lowest BCUT2D eigenvalue weighted by atomic mass is 9.81. The van der Waals surface area contributed by atoms with Crippen LogP contribution in [0.25, 0.3) is 0 Å². The number of carboxylic acid groups (broad SMARTS) is 1. The second kappa shape index (κ2) is 6.39. The van der Waals surface area contributed by atoms with E-state index in [0.717, 1.165) is 4.90 Å². The Morgan fingerprint density at radius 2 is 1.85 bits per heavy atom. The number of β-lactam (4-membered cyclic amide) rings is 1. The van der Waals surface area contributed by atoms with Gasteiger partial charge < -0.3 is 15.3 Å². The number of hydrogen-bond acceptors (Lipinski definition) is 5. The Kier molecular flexibility index (Phi) is 4.73. The van der Waals surface area contributed by atoms with Gasteiger partial charge >= 0.3 is 5.97 Å². The molecule has 0 aliphatic carbocycles. The minimum atomic E-state index is -1.81. The molecule has 27 heavy (non-hydrogen) atoms. The highest BCUT2D eigenvalue weighted by Crippen LogP contribution is 2.55. The van der Waals surface area contributed by atoms with E-state index in [1.165, 1.54) is 36.9 Å². The summed E-state index contributed by atoms with van der Waals surface area (Å²) < 4.78 is -0.822. The molecule has 2 aliphatic rings. The first-order valence-corrected chi connectivity index (χ1v) is 9.59. The third-order valence-electron chi connectivity index (χ3n) is 4.83. The van der Waals surface area contributed by atoms with Crippen molar-refractivity contribution < 1.29 is 24.3 Å². The molecule has 2 aliphatic heterocycles. The van der Waals surface area contributed by atoms with Gasteiger partial charge in [-0.25, -0.2) is 4.79 Å². The van der Waals surface area contributed by atoms with Crippen LogP contribution in [0.2, 0.25) is 10.0 Å². The van der Waals surface area contributed by atoms with E-state index in [9.17, 15) is 24.3 Å². The number of Topliss-reactive ketones (excluding diaryl/α,β-unsaturated/α-hetero) is 1. The first kappa shape index (κ1) is 20.0. The lowest BCUT2D eigenvalue weighted by Gasteiger charge is -2.51. The molecule has 2 heterocycles. The van der Waals surface area contributed by atoms with E-state index < -0.39 is 45.3 Å². The number of carboxylic acids is 1. The second-order valence-electron chi connectivity index (χ2n) is 6.97.